The molecule has 0 unspecified atom stereocenters. The van der Waals surface area contributed by atoms with Gasteiger partial charge in [0.05, 0.1) is 16.7 Å². The fourth-order valence-corrected chi connectivity index (χ4v) is 10.0. The van der Waals surface area contributed by atoms with Crippen LogP contribution in [0.2, 0.25) is 0 Å². The third-order valence-electron chi connectivity index (χ3n) is 13.6. The molecular weight excluding hydrogens is 1070 g/mol. The maximum atomic E-state index is 6.76. The van der Waals surface area contributed by atoms with E-state index in [-0.39, 0.29) is 37.3 Å². The molecule has 366 valence electrons. The molecule has 0 radical (unpaired) electrons. The minimum Gasteiger partial charge on any atom is -0.510 e. The fraction of sp³-hybridized carbons (Fsp3) is 0.194. The van der Waals surface area contributed by atoms with E-state index in [4.69, 9.17) is 9.72 Å². The summed E-state index contributed by atoms with van der Waals surface area (Å²) in [6.07, 6.45) is 6.77. The Morgan fingerprint density at radius 3 is 1.86 bits per heavy atom. The van der Waals surface area contributed by atoms with Crippen LogP contribution in [-0.4, -0.2) is 14.1 Å². The summed E-state index contributed by atoms with van der Waals surface area (Å²) in [6.45, 7) is 20.6. The average molecular weight is 1130 g/mol. The molecule has 0 bridgehead atoms. The monoisotopic (exact) mass is 1130 g/mol. The Bertz CT molecular complexity index is 3780. The maximum Gasteiger partial charge on any atom is 0.268 e. The maximum absolute atomic E-state index is 6.76. The van der Waals surface area contributed by atoms with Crippen molar-refractivity contribution in [3.05, 3.63) is 223 Å². The zero-order chi connectivity index (χ0) is 49.9. The summed E-state index contributed by atoms with van der Waals surface area (Å²) < 4.78 is 13.4. The predicted octanol–water partition coefficient (Wildman–Crippen LogP) is 16.8. The normalized spacial score (nSPS) is 12.1. The first-order chi connectivity index (χ1) is 34.6. The number of para-hydroxylation sites is 2. The van der Waals surface area contributed by atoms with Gasteiger partial charge in [-0.2, -0.15) is 18.2 Å². The standard InChI is InChI=1S/C67H60N4O.Pt/c1-65(2,3)43-45-34-35-68-63(36-45)71-59-29-17-16-26-57(59)58-32-31-54(42-61(58)71)72-53-25-18-24-52(41-53)69-44-70(62-39-48(30-33-60(62)69)46-20-12-10-13-21-46)64-55(47-22-14-11-15-23-47)27-19-28-56(64)49-37-50(66(4,5)6)40-51(38-49)67(7,8)9;/h10-40H,43H2,1-9H3;/q-2;. The third kappa shape index (κ3) is 9.84. The number of nitrogens with zero attached hydrogens (tertiary/aromatic N) is 4. The van der Waals surface area contributed by atoms with Gasteiger partial charge in [-0.15, -0.1) is 29.7 Å². The molecule has 3 aromatic heterocycles. The summed E-state index contributed by atoms with van der Waals surface area (Å²) in [4.78, 5) is 4.90. The Balaban J connectivity index is 0.00000611. The van der Waals surface area contributed by atoms with Crippen LogP contribution >= 0.6 is 0 Å². The first kappa shape index (κ1) is 49.3. The van der Waals surface area contributed by atoms with E-state index in [1.54, 1.807) is 0 Å². The number of fused-ring (bicyclic) bond motifs is 4. The summed E-state index contributed by atoms with van der Waals surface area (Å²) in [5.41, 5.74) is 16.5. The largest absolute Gasteiger partial charge is 0.510 e. The van der Waals surface area contributed by atoms with Gasteiger partial charge in [0.2, 0.25) is 0 Å². The minimum absolute atomic E-state index is 0. The third-order valence-corrected chi connectivity index (χ3v) is 13.6. The van der Waals surface area contributed by atoms with Gasteiger partial charge in [-0.1, -0.05) is 195 Å². The number of aromatic nitrogens is 4. The summed E-state index contributed by atoms with van der Waals surface area (Å²) >= 11 is 0. The Hall–Kier alpha value is -7.33. The van der Waals surface area contributed by atoms with Crippen LogP contribution in [0.4, 0.5) is 0 Å². The van der Waals surface area contributed by atoms with Crippen LogP contribution in [0, 0.1) is 23.9 Å². The SMILES string of the molecule is CC(C)(C)Cc1ccnc(-n2c3[c-]c(Oc4[c-]c(-n5[c-][n+](-c6c(-c7ccccc7)cccc6-c6cc(C(C)(C)C)cc(C(C)(C)C)c6)c6cc(-c7ccccc7)ccc65)ccc4)ccc3c3ccccc32)c1.[Pt]. The molecule has 0 aliphatic heterocycles. The predicted molar refractivity (Wildman–Crippen MR) is 297 cm³/mol. The second-order valence-corrected chi connectivity index (χ2v) is 22.4. The smallest absolute Gasteiger partial charge is 0.268 e. The number of hydrogen-bond donors (Lipinski definition) is 0. The van der Waals surface area contributed by atoms with E-state index in [1.165, 1.54) is 22.3 Å². The van der Waals surface area contributed by atoms with Gasteiger partial charge in [0.15, 0.2) is 0 Å². The topological polar surface area (TPSA) is 35.9 Å². The van der Waals surface area contributed by atoms with E-state index in [1.807, 2.05) is 24.4 Å². The molecule has 0 fully saturated rings. The van der Waals surface area contributed by atoms with E-state index in [9.17, 15) is 0 Å². The van der Waals surface area contributed by atoms with Crippen molar-refractivity contribution < 1.29 is 30.4 Å². The van der Waals surface area contributed by atoms with Crippen molar-refractivity contribution in [2.24, 2.45) is 5.41 Å². The van der Waals surface area contributed by atoms with Crippen molar-refractivity contribution in [3.63, 3.8) is 0 Å². The Labute approximate surface area is 445 Å². The molecule has 11 rings (SSSR count). The van der Waals surface area contributed by atoms with Crippen molar-refractivity contribution in [3.8, 4) is 62.1 Å². The summed E-state index contributed by atoms with van der Waals surface area (Å²) in [5.74, 6) is 2.01. The van der Waals surface area contributed by atoms with Gasteiger partial charge in [0.1, 0.15) is 5.82 Å². The molecule has 0 aliphatic carbocycles. The molecule has 0 saturated heterocycles. The van der Waals surface area contributed by atoms with Crippen molar-refractivity contribution in [2.45, 2.75) is 79.6 Å². The molecule has 73 heavy (non-hydrogen) atoms. The molecule has 0 spiro atoms. The van der Waals surface area contributed by atoms with Crippen molar-refractivity contribution >= 4 is 32.8 Å². The Morgan fingerprint density at radius 2 is 1.16 bits per heavy atom. The number of benzene rings is 8. The van der Waals surface area contributed by atoms with Gasteiger partial charge >= 0.3 is 0 Å². The first-order valence-electron chi connectivity index (χ1n) is 25.1. The molecule has 0 aliphatic rings. The van der Waals surface area contributed by atoms with Crippen LogP contribution in [0.3, 0.4) is 0 Å². The molecule has 0 atom stereocenters. The van der Waals surface area contributed by atoms with E-state index in [0.717, 1.165) is 84.3 Å². The van der Waals surface area contributed by atoms with Crippen LogP contribution in [0.15, 0.2) is 188 Å². The van der Waals surface area contributed by atoms with Crippen LogP contribution in [0.1, 0.15) is 79.0 Å². The van der Waals surface area contributed by atoms with Crippen LogP contribution < -0.4 is 9.30 Å². The molecule has 0 N–H and O–H groups in total. The second-order valence-electron chi connectivity index (χ2n) is 22.4. The van der Waals surface area contributed by atoms with Crippen molar-refractivity contribution in [1.82, 2.24) is 14.1 Å². The van der Waals surface area contributed by atoms with Gasteiger partial charge < -0.3 is 13.9 Å². The zero-order valence-electron chi connectivity index (χ0n) is 43.1. The van der Waals surface area contributed by atoms with Gasteiger partial charge in [0.25, 0.3) is 6.33 Å². The van der Waals surface area contributed by atoms with Gasteiger partial charge in [-0.25, -0.2) is 4.98 Å². The van der Waals surface area contributed by atoms with E-state index >= 15 is 0 Å². The summed E-state index contributed by atoms with van der Waals surface area (Å²) in [5, 5.41) is 2.22. The molecule has 0 amide bonds. The van der Waals surface area contributed by atoms with Crippen molar-refractivity contribution in [1.29, 1.82) is 0 Å². The Morgan fingerprint density at radius 1 is 0.521 bits per heavy atom. The fourth-order valence-electron chi connectivity index (χ4n) is 10.0. The molecule has 6 heteroatoms. The van der Waals surface area contributed by atoms with Gasteiger partial charge in [-0.3, -0.25) is 4.57 Å². The first-order valence-corrected chi connectivity index (χ1v) is 25.1. The van der Waals surface area contributed by atoms with Crippen LogP contribution in [0.5, 0.6) is 11.5 Å². The molecule has 0 saturated carbocycles. The molecule has 8 aromatic carbocycles. The average Bonchev–Trinajstić information content (AvgIpc) is 3.91. The minimum atomic E-state index is -0.0625. The Kier molecular flexibility index (Phi) is 13.0. The summed E-state index contributed by atoms with van der Waals surface area (Å²) in [6, 6.07) is 72.2. The summed E-state index contributed by atoms with van der Waals surface area (Å²) in [7, 11) is 0. The molecule has 3 heterocycles. The molecule has 11 aromatic rings. The van der Waals surface area contributed by atoms with E-state index in [2.05, 4.69) is 258 Å². The van der Waals surface area contributed by atoms with Crippen molar-refractivity contribution in [2.75, 3.05) is 0 Å². The van der Waals surface area contributed by atoms with E-state index in [0.29, 0.717) is 11.5 Å². The number of imidazole rings is 1. The number of rotatable bonds is 9. The van der Waals surface area contributed by atoms with Crippen LogP contribution in [-0.2, 0) is 38.3 Å². The molecule has 5 nitrogen and oxygen atoms in total. The van der Waals surface area contributed by atoms with E-state index < -0.39 is 0 Å². The zero-order valence-corrected chi connectivity index (χ0v) is 45.4. The van der Waals surface area contributed by atoms with Gasteiger partial charge in [0, 0.05) is 44.3 Å². The van der Waals surface area contributed by atoms with Gasteiger partial charge in [-0.05, 0) is 108 Å². The number of pyridine rings is 1. The quantitative estimate of drug-likeness (QED) is 0.107. The number of ether oxygens (including phenoxy) is 1. The molecular formula is C67H60N4OPt-2. The number of hydrogen-bond acceptors (Lipinski definition) is 2. The van der Waals surface area contributed by atoms with Crippen LogP contribution in [0.25, 0.3) is 83.4 Å². The second kappa shape index (κ2) is 19.3.